The maximum absolute atomic E-state index is 5.95. The maximum atomic E-state index is 5.95. The van der Waals surface area contributed by atoms with E-state index in [0.717, 1.165) is 23.1 Å². The minimum absolute atomic E-state index is 0.698. The number of nitrogen functional groups attached to an aromatic ring is 1. The van der Waals surface area contributed by atoms with Gasteiger partial charge in [-0.05, 0) is 41.4 Å². The van der Waals surface area contributed by atoms with Crippen molar-refractivity contribution in [1.29, 1.82) is 0 Å². The standard InChI is InChI=1S/C11H14BrN3S/c1-3-8-4-5-9(16-8)6-15-11(13)10(12)7(2)14-15/h4-5H,3,6,13H2,1-2H3. The highest BCUT2D eigenvalue weighted by molar-refractivity contribution is 9.10. The molecule has 2 N–H and O–H groups in total. The fraction of sp³-hybridized carbons (Fsp3) is 0.364. The predicted molar refractivity (Wildman–Crippen MR) is 71.9 cm³/mol. The van der Waals surface area contributed by atoms with E-state index in [-0.39, 0.29) is 0 Å². The number of rotatable bonds is 3. The summed E-state index contributed by atoms with van der Waals surface area (Å²) >= 11 is 5.25. The van der Waals surface area contributed by atoms with E-state index in [9.17, 15) is 0 Å². The number of nitrogens with zero attached hydrogens (tertiary/aromatic N) is 2. The van der Waals surface area contributed by atoms with Crippen molar-refractivity contribution in [2.45, 2.75) is 26.8 Å². The van der Waals surface area contributed by atoms with Crippen molar-refractivity contribution in [1.82, 2.24) is 9.78 Å². The molecule has 0 saturated carbocycles. The molecule has 0 aliphatic heterocycles. The summed E-state index contributed by atoms with van der Waals surface area (Å²) in [6, 6.07) is 4.31. The Labute approximate surface area is 107 Å². The van der Waals surface area contributed by atoms with Crippen LogP contribution < -0.4 is 5.73 Å². The van der Waals surface area contributed by atoms with Crippen molar-refractivity contribution in [3.8, 4) is 0 Å². The van der Waals surface area contributed by atoms with Gasteiger partial charge in [0.05, 0.1) is 16.7 Å². The second-order valence-corrected chi connectivity index (χ2v) is 5.71. The Kier molecular flexibility index (Phi) is 3.35. The van der Waals surface area contributed by atoms with Crippen LogP contribution in [0.3, 0.4) is 0 Å². The zero-order valence-electron chi connectivity index (χ0n) is 9.33. The van der Waals surface area contributed by atoms with Crippen LogP contribution >= 0.6 is 27.3 Å². The smallest absolute Gasteiger partial charge is 0.136 e. The summed E-state index contributed by atoms with van der Waals surface area (Å²) in [7, 11) is 0. The normalized spacial score (nSPS) is 10.9. The first-order valence-corrected chi connectivity index (χ1v) is 6.78. The molecule has 0 aliphatic rings. The molecule has 16 heavy (non-hydrogen) atoms. The van der Waals surface area contributed by atoms with Gasteiger partial charge in [0.25, 0.3) is 0 Å². The summed E-state index contributed by atoms with van der Waals surface area (Å²) in [6.07, 6.45) is 1.09. The summed E-state index contributed by atoms with van der Waals surface area (Å²) in [6.45, 7) is 4.87. The molecule has 2 heterocycles. The number of anilines is 1. The predicted octanol–water partition coefficient (Wildman–Crippen LogP) is 3.21. The fourth-order valence-corrected chi connectivity index (χ4v) is 2.77. The molecule has 0 saturated heterocycles. The van der Waals surface area contributed by atoms with Crippen LogP contribution in [0.4, 0.5) is 5.82 Å². The Morgan fingerprint density at radius 2 is 2.12 bits per heavy atom. The van der Waals surface area contributed by atoms with Gasteiger partial charge in [-0.1, -0.05) is 6.92 Å². The van der Waals surface area contributed by atoms with Crippen molar-refractivity contribution in [2.24, 2.45) is 0 Å². The summed E-state index contributed by atoms with van der Waals surface area (Å²) in [5, 5.41) is 4.39. The molecular weight excluding hydrogens is 286 g/mol. The molecule has 0 fully saturated rings. The highest BCUT2D eigenvalue weighted by Gasteiger charge is 2.10. The van der Waals surface area contributed by atoms with Gasteiger partial charge in [0.15, 0.2) is 0 Å². The van der Waals surface area contributed by atoms with Gasteiger partial charge in [0.2, 0.25) is 0 Å². The minimum atomic E-state index is 0.698. The molecule has 0 aliphatic carbocycles. The third-order valence-corrected chi connectivity index (χ3v) is 4.66. The van der Waals surface area contributed by atoms with E-state index in [4.69, 9.17) is 5.73 Å². The van der Waals surface area contributed by atoms with Gasteiger partial charge in [-0.2, -0.15) is 5.10 Å². The molecule has 0 spiro atoms. The number of thiophene rings is 1. The summed E-state index contributed by atoms with van der Waals surface area (Å²) < 4.78 is 2.74. The third kappa shape index (κ3) is 2.15. The monoisotopic (exact) mass is 299 g/mol. The lowest BCUT2D eigenvalue weighted by atomic mass is 10.3. The first-order chi connectivity index (χ1) is 7.61. The number of hydrogen-bond acceptors (Lipinski definition) is 3. The molecule has 3 nitrogen and oxygen atoms in total. The first kappa shape index (κ1) is 11.7. The molecule has 0 aromatic carbocycles. The zero-order chi connectivity index (χ0) is 11.7. The fourth-order valence-electron chi connectivity index (χ4n) is 1.54. The molecule has 2 rings (SSSR count). The molecule has 86 valence electrons. The van der Waals surface area contributed by atoms with Crippen molar-refractivity contribution in [2.75, 3.05) is 5.73 Å². The molecule has 0 radical (unpaired) electrons. The number of nitrogens with two attached hydrogens (primary N) is 1. The van der Waals surface area contributed by atoms with Crippen LogP contribution in [0.15, 0.2) is 16.6 Å². The molecule has 2 aromatic heterocycles. The molecule has 5 heteroatoms. The Bertz CT molecular complexity index is 501. The SMILES string of the molecule is CCc1ccc(Cn2nc(C)c(Br)c2N)s1. The van der Waals surface area contributed by atoms with Crippen LogP contribution in [0.25, 0.3) is 0 Å². The highest BCUT2D eigenvalue weighted by Crippen LogP contribution is 2.25. The van der Waals surface area contributed by atoms with Gasteiger partial charge in [-0.15, -0.1) is 11.3 Å². The van der Waals surface area contributed by atoms with Crippen LogP contribution in [-0.2, 0) is 13.0 Å². The molecular formula is C11H14BrN3S. The van der Waals surface area contributed by atoms with Gasteiger partial charge in [-0.25, -0.2) is 4.68 Å². The Morgan fingerprint density at radius 1 is 1.44 bits per heavy atom. The average Bonchev–Trinajstić information content (AvgIpc) is 2.81. The van der Waals surface area contributed by atoms with Crippen molar-refractivity contribution in [3.05, 3.63) is 32.1 Å². The van der Waals surface area contributed by atoms with Crippen LogP contribution in [0.5, 0.6) is 0 Å². The summed E-state index contributed by atoms with van der Waals surface area (Å²) in [5.41, 5.74) is 6.88. The van der Waals surface area contributed by atoms with E-state index in [1.807, 2.05) is 22.9 Å². The Balaban J connectivity index is 2.23. The number of halogens is 1. The molecule has 0 unspecified atom stereocenters. The molecule has 2 aromatic rings. The zero-order valence-corrected chi connectivity index (χ0v) is 11.7. The largest absolute Gasteiger partial charge is 0.383 e. The van der Waals surface area contributed by atoms with Gasteiger partial charge < -0.3 is 5.73 Å². The van der Waals surface area contributed by atoms with Gasteiger partial charge in [0, 0.05) is 9.75 Å². The van der Waals surface area contributed by atoms with Crippen molar-refractivity contribution in [3.63, 3.8) is 0 Å². The van der Waals surface area contributed by atoms with Gasteiger partial charge in [-0.3, -0.25) is 0 Å². The second kappa shape index (κ2) is 4.59. The van der Waals surface area contributed by atoms with Gasteiger partial charge >= 0.3 is 0 Å². The summed E-state index contributed by atoms with van der Waals surface area (Å²) in [5.74, 6) is 0.698. The van der Waals surface area contributed by atoms with Crippen LogP contribution in [-0.4, -0.2) is 9.78 Å². The van der Waals surface area contributed by atoms with E-state index in [0.29, 0.717) is 5.82 Å². The van der Waals surface area contributed by atoms with Crippen LogP contribution in [0.1, 0.15) is 22.4 Å². The lowest BCUT2D eigenvalue weighted by Crippen LogP contribution is -2.04. The lowest BCUT2D eigenvalue weighted by Gasteiger charge is -2.01. The van der Waals surface area contributed by atoms with Crippen LogP contribution in [0.2, 0.25) is 0 Å². The minimum Gasteiger partial charge on any atom is -0.383 e. The maximum Gasteiger partial charge on any atom is 0.136 e. The van der Waals surface area contributed by atoms with Crippen molar-refractivity contribution < 1.29 is 0 Å². The van der Waals surface area contributed by atoms with E-state index in [1.165, 1.54) is 9.75 Å². The molecule has 0 bridgehead atoms. The quantitative estimate of drug-likeness (QED) is 0.946. The Morgan fingerprint density at radius 3 is 2.62 bits per heavy atom. The van der Waals surface area contributed by atoms with E-state index in [1.54, 1.807) is 0 Å². The lowest BCUT2D eigenvalue weighted by molar-refractivity contribution is 0.697. The number of aryl methyl sites for hydroxylation is 2. The highest BCUT2D eigenvalue weighted by atomic mass is 79.9. The van der Waals surface area contributed by atoms with E-state index >= 15 is 0 Å². The molecule has 0 atom stereocenters. The Hall–Kier alpha value is -0.810. The second-order valence-electron chi connectivity index (χ2n) is 3.66. The van der Waals surface area contributed by atoms with Crippen LogP contribution in [0, 0.1) is 6.92 Å². The van der Waals surface area contributed by atoms with Crippen molar-refractivity contribution >= 4 is 33.1 Å². The number of hydrogen-bond donors (Lipinski definition) is 1. The third-order valence-electron chi connectivity index (χ3n) is 2.46. The van der Waals surface area contributed by atoms with Gasteiger partial charge in [0.1, 0.15) is 5.82 Å². The van der Waals surface area contributed by atoms with E-state index in [2.05, 4.69) is 40.1 Å². The molecule has 0 amide bonds. The topological polar surface area (TPSA) is 43.8 Å². The average molecular weight is 300 g/mol. The van der Waals surface area contributed by atoms with E-state index < -0.39 is 0 Å². The number of aromatic nitrogens is 2. The first-order valence-electron chi connectivity index (χ1n) is 5.17. The summed E-state index contributed by atoms with van der Waals surface area (Å²) in [4.78, 5) is 2.69.